The first-order valence-corrected chi connectivity index (χ1v) is 5.86. The number of carbonyl (C=O) groups is 2. The maximum absolute atomic E-state index is 11.4. The van der Waals surface area contributed by atoms with E-state index in [1.165, 1.54) is 0 Å². The van der Waals surface area contributed by atoms with Gasteiger partial charge in [0.15, 0.2) is 0 Å². The Balaban J connectivity index is 2.42. The fraction of sp³-hybridized carbons (Fsp3) is 0.250. The summed E-state index contributed by atoms with van der Waals surface area (Å²) >= 11 is 4.99. The van der Waals surface area contributed by atoms with E-state index in [0.29, 0.717) is 5.56 Å². The van der Waals surface area contributed by atoms with Crippen molar-refractivity contribution in [2.24, 2.45) is 5.73 Å². The molecule has 1 heterocycles. The highest BCUT2D eigenvalue weighted by Crippen LogP contribution is 2.23. The number of hydrogen-bond donors (Lipinski definition) is 2. The lowest BCUT2D eigenvalue weighted by molar-refractivity contribution is -0.130. The molecule has 0 unspecified atom stereocenters. The molecule has 6 heteroatoms. The summed E-state index contributed by atoms with van der Waals surface area (Å²) in [5.74, 6) is -0.636. The Morgan fingerprint density at radius 2 is 1.94 bits per heavy atom. The van der Waals surface area contributed by atoms with Crippen LogP contribution < -0.4 is 16.0 Å². The highest BCUT2D eigenvalue weighted by Gasteiger charge is 2.24. The lowest BCUT2D eigenvalue weighted by Gasteiger charge is -2.29. The van der Waals surface area contributed by atoms with Crippen LogP contribution in [0.3, 0.4) is 0 Å². The topological polar surface area (TPSA) is 75.4 Å². The van der Waals surface area contributed by atoms with Gasteiger partial charge in [-0.1, -0.05) is 18.3 Å². The summed E-state index contributed by atoms with van der Waals surface area (Å²) < 4.78 is 0. The van der Waals surface area contributed by atoms with Crippen molar-refractivity contribution in [2.45, 2.75) is 6.92 Å². The van der Waals surface area contributed by atoms with Crippen molar-refractivity contribution in [2.75, 3.05) is 18.0 Å². The number of hydrogen-bond acceptors (Lipinski definition) is 4. The van der Waals surface area contributed by atoms with Crippen molar-refractivity contribution >= 4 is 34.7 Å². The minimum absolute atomic E-state index is 0.130. The second kappa shape index (κ2) is 4.73. The van der Waals surface area contributed by atoms with Gasteiger partial charge in [0.1, 0.15) is 4.99 Å². The number of nitrogens with two attached hydrogens (primary N) is 1. The lowest BCUT2D eigenvalue weighted by atomic mass is 10.1. The second-order valence-corrected chi connectivity index (χ2v) is 4.65. The number of thiocarbonyl (C=S) groups is 1. The molecule has 0 atom stereocenters. The van der Waals surface area contributed by atoms with Crippen LogP contribution in [0.25, 0.3) is 0 Å². The average molecular weight is 263 g/mol. The number of aryl methyl sites for hydroxylation is 1. The molecule has 3 N–H and O–H groups in total. The first-order chi connectivity index (χ1) is 8.47. The molecule has 18 heavy (non-hydrogen) atoms. The van der Waals surface area contributed by atoms with Crippen molar-refractivity contribution in [1.82, 2.24) is 5.32 Å². The number of imide groups is 1. The van der Waals surface area contributed by atoms with E-state index in [1.807, 2.05) is 25.1 Å². The standard InChI is InChI=1S/C12H13N3O2S/c1-7-2-3-8(12(13)18)9(4-7)15-5-10(16)14-11(17)6-15/h2-4H,5-6H2,1H3,(H2,13,18)(H,14,16,17). The summed E-state index contributed by atoms with van der Waals surface area (Å²) in [5.41, 5.74) is 8.08. The van der Waals surface area contributed by atoms with E-state index in [2.05, 4.69) is 5.32 Å². The molecular weight excluding hydrogens is 250 g/mol. The molecular formula is C12H13N3O2S. The van der Waals surface area contributed by atoms with Gasteiger partial charge in [-0.25, -0.2) is 0 Å². The van der Waals surface area contributed by atoms with E-state index in [9.17, 15) is 9.59 Å². The number of anilines is 1. The normalized spacial score (nSPS) is 15.5. The first kappa shape index (κ1) is 12.5. The largest absolute Gasteiger partial charge is 0.389 e. The molecule has 1 aromatic carbocycles. The van der Waals surface area contributed by atoms with Crippen LogP contribution in [0.1, 0.15) is 11.1 Å². The Morgan fingerprint density at radius 1 is 1.33 bits per heavy atom. The monoisotopic (exact) mass is 263 g/mol. The van der Waals surface area contributed by atoms with Gasteiger partial charge in [-0.15, -0.1) is 0 Å². The van der Waals surface area contributed by atoms with Gasteiger partial charge in [0, 0.05) is 11.3 Å². The van der Waals surface area contributed by atoms with Crippen LogP contribution in [0.5, 0.6) is 0 Å². The van der Waals surface area contributed by atoms with Gasteiger partial charge in [0.2, 0.25) is 11.8 Å². The van der Waals surface area contributed by atoms with E-state index in [4.69, 9.17) is 18.0 Å². The van der Waals surface area contributed by atoms with Gasteiger partial charge in [-0.2, -0.15) is 0 Å². The molecule has 0 bridgehead atoms. The van der Waals surface area contributed by atoms with Crippen LogP contribution in [0.2, 0.25) is 0 Å². The summed E-state index contributed by atoms with van der Waals surface area (Å²) in [7, 11) is 0. The summed E-state index contributed by atoms with van der Waals surface area (Å²) in [6.45, 7) is 2.19. The van der Waals surface area contributed by atoms with Crippen molar-refractivity contribution in [3.05, 3.63) is 29.3 Å². The zero-order valence-corrected chi connectivity index (χ0v) is 10.7. The minimum Gasteiger partial charge on any atom is -0.389 e. The van der Waals surface area contributed by atoms with Crippen molar-refractivity contribution in [1.29, 1.82) is 0 Å². The van der Waals surface area contributed by atoms with Crippen LogP contribution in [0.4, 0.5) is 5.69 Å². The molecule has 2 amide bonds. The predicted octanol–water partition coefficient (Wildman–Crippen LogP) is 0.0920. The van der Waals surface area contributed by atoms with Crippen LogP contribution >= 0.6 is 12.2 Å². The SMILES string of the molecule is Cc1ccc(C(N)=S)c(N2CC(=O)NC(=O)C2)c1. The summed E-state index contributed by atoms with van der Waals surface area (Å²) in [6.07, 6.45) is 0. The molecule has 1 saturated heterocycles. The van der Waals surface area contributed by atoms with Crippen molar-refractivity contribution in [3.8, 4) is 0 Å². The maximum atomic E-state index is 11.4. The highest BCUT2D eigenvalue weighted by atomic mass is 32.1. The van der Waals surface area contributed by atoms with E-state index >= 15 is 0 Å². The van der Waals surface area contributed by atoms with Gasteiger partial charge in [0.05, 0.1) is 13.1 Å². The summed E-state index contributed by atoms with van der Waals surface area (Å²) in [6, 6.07) is 5.58. The molecule has 0 radical (unpaired) electrons. The van der Waals surface area contributed by atoms with Gasteiger partial charge in [0.25, 0.3) is 0 Å². The summed E-state index contributed by atoms with van der Waals surface area (Å²) in [5, 5.41) is 2.26. The van der Waals surface area contributed by atoms with Gasteiger partial charge in [-0.05, 0) is 24.6 Å². The molecule has 0 aliphatic carbocycles. The minimum atomic E-state index is -0.318. The number of carbonyl (C=O) groups excluding carboxylic acids is 2. The maximum Gasteiger partial charge on any atom is 0.246 e. The number of amides is 2. The van der Waals surface area contributed by atoms with E-state index in [1.54, 1.807) is 4.90 Å². The Labute approximate surface area is 110 Å². The van der Waals surface area contributed by atoms with E-state index in [-0.39, 0.29) is 29.9 Å². The zero-order valence-electron chi connectivity index (χ0n) is 9.90. The predicted molar refractivity (Wildman–Crippen MR) is 72.4 cm³/mol. The quantitative estimate of drug-likeness (QED) is 0.584. The van der Waals surface area contributed by atoms with Crippen molar-refractivity contribution < 1.29 is 9.59 Å². The Kier molecular flexibility index (Phi) is 3.29. The van der Waals surface area contributed by atoms with Crippen LogP contribution in [0, 0.1) is 6.92 Å². The van der Waals surface area contributed by atoms with Crippen LogP contribution in [-0.2, 0) is 9.59 Å². The molecule has 94 valence electrons. The number of piperazine rings is 1. The molecule has 5 nitrogen and oxygen atoms in total. The van der Waals surface area contributed by atoms with Crippen molar-refractivity contribution in [3.63, 3.8) is 0 Å². The number of rotatable bonds is 2. The fourth-order valence-electron chi connectivity index (χ4n) is 1.92. The van der Waals surface area contributed by atoms with Crippen LogP contribution in [-0.4, -0.2) is 29.9 Å². The average Bonchev–Trinajstić information content (AvgIpc) is 2.27. The first-order valence-electron chi connectivity index (χ1n) is 5.45. The second-order valence-electron chi connectivity index (χ2n) is 4.21. The molecule has 2 rings (SSSR count). The Hall–Kier alpha value is -1.95. The number of nitrogens with zero attached hydrogens (tertiary/aromatic N) is 1. The lowest BCUT2D eigenvalue weighted by Crippen LogP contribution is -2.52. The summed E-state index contributed by atoms with van der Waals surface area (Å²) in [4.78, 5) is 24.7. The van der Waals surface area contributed by atoms with E-state index < -0.39 is 0 Å². The highest BCUT2D eigenvalue weighted by molar-refractivity contribution is 7.80. The molecule has 1 aliphatic rings. The van der Waals surface area contributed by atoms with Gasteiger partial charge in [-0.3, -0.25) is 14.9 Å². The van der Waals surface area contributed by atoms with E-state index in [0.717, 1.165) is 11.3 Å². The Bertz CT molecular complexity index is 526. The number of benzene rings is 1. The third-order valence-electron chi connectivity index (χ3n) is 2.71. The molecule has 1 fully saturated rings. The smallest absolute Gasteiger partial charge is 0.246 e. The molecule has 1 aliphatic heterocycles. The molecule has 1 aromatic rings. The molecule has 0 aromatic heterocycles. The fourth-order valence-corrected chi connectivity index (χ4v) is 2.09. The number of nitrogens with one attached hydrogen (secondary N) is 1. The zero-order chi connectivity index (χ0) is 13.3. The Morgan fingerprint density at radius 3 is 2.50 bits per heavy atom. The third kappa shape index (κ3) is 2.48. The van der Waals surface area contributed by atoms with Gasteiger partial charge < -0.3 is 10.6 Å². The molecule has 0 spiro atoms. The third-order valence-corrected chi connectivity index (χ3v) is 2.93. The molecule has 0 saturated carbocycles. The van der Waals surface area contributed by atoms with Crippen LogP contribution in [0.15, 0.2) is 18.2 Å². The van der Waals surface area contributed by atoms with Gasteiger partial charge >= 0.3 is 0 Å².